The summed E-state index contributed by atoms with van der Waals surface area (Å²) in [5.74, 6) is -0.826. The van der Waals surface area contributed by atoms with Crippen molar-refractivity contribution in [3.05, 3.63) is 52.8 Å². The fourth-order valence-corrected chi connectivity index (χ4v) is 2.83. The summed E-state index contributed by atoms with van der Waals surface area (Å²) in [6.07, 6.45) is 3.58. The maximum atomic E-state index is 12.1. The van der Waals surface area contributed by atoms with Gasteiger partial charge in [0.15, 0.2) is 0 Å². The number of amides is 1. The lowest BCUT2D eigenvalue weighted by Gasteiger charge is -2.07. The van der Waals surface area contributed by atoms with Gasteiger partial charge in [0.05, 0.1) is 12.2 Å². The Bertz CT molecular complexity index is 735. The highest BCUT2D eigenvalue weighted by molar-refractivity contribution is 5.94. The van der Waals surface area contributed by atoms with Crippen LogP contribution in [-0.2, 0) is 11.3 Å². The van der Waals surface area contributed by atoms with Crippen LogP contribution >= 0.6 is 0 Å². The van der Waals surface area contributed by atoms with Crippen molar-refractivity contribution in [3.8, 4) is 0 Å². The second-order valence-corrected chi connectivity index (χ2v) is 6.60. The molecule has 0 aliphatic carbocycles. The van der Waals surface area contributed by atoms with Crippen LogP contribution in [0.3, 0.4) is 0 Å². The number of rotatable bonds is 10. The third-order valence-electron chi connectivity index (χ3n) is 4.25. The van der Waals surface area contributed by atoms with E-state index in [1.54, 1.807) is 0 Å². The summed E-state index contributed by atoms with van der Waals surface area (Å²) in [6, 6.07) is 9.63. The molecule has 1 heterocycles. The van der Waals surface area contributed by atoms with E-state index in [9.17, 15) is 9.59 Å². The third-order valence-corrected chi connectivity index (χ3v) is 4.25. The van der Waals surface area contributed by atoms with Gasteiger partial charge >= 0.3 is 5.97 Å². The number of carbonyl (C=O) groups is 2. The zero-order chi connectivity index (χ0) is 18.9. The number of aliphatic carboxylic acids is 1. The summed E-state index contributed by atoms with van der Waals surface area (Å²) >= 11 is 0. The van der Waals surface area contributed by atoms with Crippen LogP contribution in [0.4, 0.5) is 0 Å². The summed E-state index contributed by atoms with van der Waals surface area (Å²) in [4.78, 5) is 22.6. The minimum Gasteiger partial charge on any atom is -0.481 e. The van der Waals surface area contributed by atoms with Crippen LogP contribution in [0.25, 0.3) is 0 Å². The molecule has 0 saturated carbocycles. The molecule has 0 saturated heterocycles. The molecule has 140 valence electrons. The maximum absolute atomic E-state index is 12.1. The molecule has 2 aromatic rings. The molecular formula is C20H27N3O3. The average Bonchev–Trinajstić information content (AvgIpc) is 2.91. The molecule has 0 fully saturated rings. The van der Waals surface area contributed by atoms with Gasteiger partial charge in [-0.15, -0.1) is 0 Å². The highest BCUT2D eigenvalue weighted by Gasteiger charge is 2.06. The van der Waals surface area contributed by atoms with Crippen molar-refractivity contribution in [2.24, 2.45) is 0 Å². The summed E-state index contributed by atoms with van der Waals surface area (Å²) in [5.41, 5.74) is 3.87. The molecule has 1 aromatic heterocycles. The Morgan fingerprint density at radius 2 is 1.77 bits per heavy atom. The predicted molar refractivity (Wildman–Crippen MR) is 100 cm³/mol. The van der Waals surface area contributed by atoms with E-state index in [2.05, 4.69) is 10.4 Å². The van der Waals surface area contributed by atoms with Gasteiger partial charge < -0.3 is 10.4 Å². The van der Waals surface area contributed by atoms with Crippen molar-refractivity contribution < 1.29 is 14.7 Å². The maximum Gasteiger partial charge on any atom is 0.303 e. The van der Waals surface area contributed by atoms with Crippen molar-refractivity contribution in [2.75, 3.05) is 6.54 Å². The molecule has 0 aliphatic heterocycles. The number of hydrogen-bond donors (Lipinski definition) is 2. The quantitative estimate of drug-likeness (QED) is 0.639. The number of aromatic nitrogens is 2. The van der Waals surface area contributed by atoms with Crippen molar-refractivity contribution in [2.45, 2.75) is 52.5 Å². The van der Waals surface area contributed by atoms with Gasteiger partial charge in [-0.1, -0.05) is 25.0 Å². The molecule has 1 aromatic carbocycles. The predicted octanol–water partition coefficient (Wildman–Crippen LogP) is 3.31. The van der Waals surface area contributed by atoms with Crippen LogP contribution in [-0.4, -0.2) is 33.3 Å². The zero-order valence-electron chi connectivity index (χ0n) is 15.5. The van der Waals surface area contributed by atoms with E-state index in [0.29, 0.717) is 25.1 Å². The molecule has 0 unspecified atom stereocenters. The minimum atomic E-state index is -0.750. The Labute approximate surface area is 154 Å². The summed E-state index contributed by atoms with van der Waals surface area (Å²) in [6.45, 7) is 5.31. The Morgan fingerprint density at radius 1 is 1.08 bits per heavy atom. The molecule has 2 rings (SSSR count). The molecule has 0 radical (unpaired) electrons. The standard InChI is InChI=1S/C20H27N3O3/c1-15-13-16(2)23(22-15)14-17-8-10-18(11-9-17)20(26)21-12-6-4-3-5-7-19(24)25/h8-11,13H,3-7,12,14H2,1-2H3,(H,21,26)(H,24,25). The topological polar surface area (TPSA) is 84.2 Å². The number of carboxylic acid groups (broad SMARTS) is 1. The van der Waals surface area contributed by atoms with Crippen molar-refractivity contribution in [3.63, 3.8) is 0 Å². The number of hydrogen-bond acceptors (Lipinski definition) is 3. The number of carboxylic acids is 1. The van der Waals surface area contributed by atoms with E-state index in [1.165, 1.54) is 0 Å². The van der Waals surface area contributed by atoms with Crippen LogP contribution in [0.1, 0.15) is 59.4 Å². The van der Waals surface area contributed by atoms with Gasteiger partial charge in [0.2, 0.25) is 0 Å². The van der Waals surface area contributed by atoms with Crippen molar-refractivity contribution in [1.82, 2.24) is 15.1 Å². The van der Waals surface area contributed by atoms with E-state index in [1.807, 2.05) is 48.9 Å². The van der Waals surface area contributed by atoms with Crippen LogP contribution in [0.15, 0.2) is 30.3 Å². The molecule has 0 spiro atoms. The second-order valence-electron chi connectivity index (χ2n) is 6.60. The van der Waals surface area contributed by atoms with Crippen LogP contribution in [0.2, 0.25) is 0 Å². The first-order valence-corrected chi connectivity index (χ1v) is 9.05. The SMILES string of the molecule is Cc1cc(C)n(Cc2ccc(C(=O)NCCCCCCC(=O)O)cc2)n1. The highest BCUT2D eigenvalue weighted by Crippen LogP contribution is 2.09. The van der Waals surface area contributed by atoms with E-state index >= 15 is 0 Å². The molecule has 2 N–H and O–H groups in total. The molecule has 1 amide bonds. The van der Waals surface area contributed by atoms with Crippen LogP contribution < -0.4 is 5.32 Å². The van der Waals surface area contributed by atoms with Crippen LogP contribution in [0.5, 0.6) is 0 Å². The molecule has 6 nitrogen and oxygen atoms in total. The van der Waals surface area contributed by atoms with Crippen LogP contribution in [0, 0.1) is 13.8 Å². The van der Waals surface area contributed by atoms with Gasteiger partial charge in [-0.05, 0) is 50.5 Å². The lowest BCUT2D eigenvalue weighted by atomic mass is 10.1. The number of benzene rings is 1. The van der Waals surface area contributed by atoms with E-state index in [4.69, 9.17) is 5.11 Å². The van der Waals surface area contributed by atoms with Gasteiger partial charge in [-0.2, -0.15) is 5.10 Å². The number of carbonyl (C=O) groups excluding carboxylic acids is 1. The molecule has 0 aliphatic rings. The summed E-state index contributed by atoms with van der Waals surface area (Å²) < 4.78 is 1.95. The van der Waals surface area contributed by atoms with E-state index in [0.717, 1.165) is 36.2 Å². The van der Waals surface area contributed by atoms with E-state index in [-0.39, 0.29) is 12.3 Å². The number of nitrogens with zero attached hydrogens (tertiary/aromatic N) is 2. The first-order valence-electron chi connectivity index (χ1n) is 9.05. The Morgan fingerprint density at radius 3 is 2.38 bits per heavy atom. The van der Waals surface area contributed by atoms with Gasteiger partial charge in [0.25, 0.3) is 5.91 Å². The molecule has 0 bridgehead atoms. The summed E-state index contributed by atoms with van der Waals surface area (Å²) in [7, 11) is 0. The smallest absolute Gasteiger partial charge is 0.303 e. The number of nitrogens with one attached hydrogen (secondary N) is 1. The Balaban J connectivity index is 1.72. The highest BCUT2D eigenvalue weighted by atomic mass is 16.4. The molecule has 6 heteroatoms. The van der Waals surface area contributed by atoms with Crippen molar-refractivity contribution >= 4 is 11.9 Å². The first-order chi connectivity index (χ1) is 12.5. The van der Waals surface area contributed by atoms with Crippen molar-refractivity contribution in [1.29, 1.82) is 0 Å². The van der Waals surface area contributed by atoms with Gasteiger partial charge in [0, 0.05) is 24.2 Å². The van der Waals surface area contributed by atoms with E-state index < -0.39 is 5.97 Å². The van der Waals surface area contributed by atoms with Gasteiger partial charge in [-0.25, -0.2) is 0 Å². The molecular weight excluding hydrogens is 330 g/mol. The second kappa shape index (κ2) is 9.75. The largest absolute Gasteiger partial charge is 0.481 e. The Kier molecular flexibility index (Phi) is 7.38. The lowest BCUT2D eigenvalue weighted by molar-refractivity contribution is -0.137. The fourth-order valence-electron chi connectivity index (χ4n) is 2.83. The number of aryl methyl sites for hydroxylation is 2. The zero-order valence-corrected chi connectivity index (χ0v) is 15.5. The normalized spacial score (nSPS) is 10.7. The number of unbranched alkanes of at least 4 members (excludes halogenated alkanes) is 3. The fraction of sp³-hybridized carbons (Fsp3) is 0.450. The summed E-state index contributed by atoms with van der Waals surface area (Å²) in [5, 5.41) is 15.9. The van der Waals surface area contributed by atoms with Gasteiger partial charge in [0.1, 0.15) is 0 Å². The third kappa shape index (κ3) is 6.35. The monoisotopic (exact) mass is 357 g/mol. The molecule has 26 heavy (non-hydrogen) atoms. The first kappa shape index (κ1) is 19.7. The van der Waals surface area contributed by atoms with Gasteiger partial charge in [-0.3, -0.25) is 14.3 Å². The average molecular weight is 357 g/mol. The Hall–Kier alpha value is -2.63. The molecule has 0 atom stereocenters. The minimum absolute atomic E-state index is 0.0757. The lowest BCUT2D eigenvalue weighted by Crippen LogP contribution is -2.24.